The molecule has 14 N–H and O–H groups in total. The van der Waals surface area contributed by atoms with Crippen LogP contribution < -0.4 is 42.3 Å². The van der Waals surface area contributed by atoms with E-state index < -0.39 is 167 Å². The van der Waals surface area contributed by atoms with Gasteiger partial charge in [-0.25, -0.2) is 19.2 Å². The molecule has 0 aliphatic carbocycles. The number of halogens is 1. The molecule has 1 heterocycles. The number of hydrogen-bond donors (Lipinski definition) is 14. The van der Waals surface area contributed by atoms with Gasteiger partial charge >= 0.3 is 47.8 Å². The van der Waals surface area contributed by atoms with E-state index in [0.717, 1.165) is 0 Å². The van der Waals surface area contributed by atoms with Gasteiger partial charge in [0, 0.05) is 115 Å². The molecule has 1 aliphatic rings. The van der Waals surface area contributed by atoms with E-state index in [2.05, 4.69) is 37.2 Å². The molecule has 7 amide bonds. The Morgan fingerprint density at radius 1 is 0.470 bits per heavy atom. The summed E-state index contributed by atoms with van der Waals surface area (Å²) < 4.78 is 15.5. The summed E-state index contributed by atoms with van der Waals surface area (Å²) in [7, 11) is -0.926. The average molecular weight is 1440 g/mol. The molecule has 1 unspecified atom stereocenters. The zero-order chi connectivity index (χ0) is 75.3. The molecule has 0 bridgehead atoms. The number of benzene rings is 1. The van der Waals surface area contributed by atoms with E-state index in [1.165, 1.54) is 31.7 Å². The Balaban J connectivity index is 2.09. The van der Waals surface area contributed by atoms with Gasteiger partial charge in [-0.1, -0.05) is 33.6 Å². The van der Waals surface area contributed by atoms with Crippen molar-refractivity contribution in [2.45, 2.75) is 196 Å². The summed E-state index contributed by atoms with van der Waals surface area (Å²) in [6.45, 7) is 9.27. The highest BCUT2D eigenvalue weighted by Crippen LogP contribution is 2.40. The van der Waals surface area contributed by atoms with Crippen LogP contribution in [-0.2, 0) is 68.4 Å². The summed E-state index contributed by atoms with van der Waals surface area (Å²) in [6, 6.07) is -2.20. The van der Waals surface area contributed by atoms with Crippen LogP contribution in [0.15, 0.2) is 29.2 Å². The van der Waals surface area contributed by atoms with Crippen LogP contribution in [-0.4, -0.2) is 271 Å². The number of aliphatic carboxylic acids is 8. The maximum absolute atomic E-state index is 16.0. The molecular formula is C65H104FN11O22S. The van der Waals surface area contributed by atoms with Gasteiger partial charge in [-0.15, -0.1) is 0 Å². The second-order valence-corrected chi connectivity index (χ2v) is 29.4. The molecular weight excluding hydrogens is 1340 g/mol. The predicted octanol–water partition coefficient (Wildman–Crippen LogP) is 0.336. The van der Waals surface area contributed by atoms with Crippen molar-refractivity contribution in [1.82, 2.24) is 56.8 Å². The van der Waals surface area contributed by atoms with Crippen molar-refractivity contribution < 1.29 is 112 Å². The molecule has 0 saturated carbocycles. The minimum absolute atomic E-state index is 0.0160. The second-order valence-electron chi connectivity index (χ2n) is 26.6. The number of hydrogen-bond acceptors (Lipinski definition) is 19. The monoisotopic (exact) mass is 1440 g/mol. The number of carboxylic acid groups (broad SMARTS) is 8. The van der Waals surface area contributed by atoms with Crippen LogP contribution >= 0.6 is 0 Å². The molecule has 0 aromatic heterocycles. The molecule has 1 saturated heterocycles. The van der Waals surface area contributed by atoms with Crippen LogP contribution in [0, 0.1) is 5.41 Å². The molecule has 2 rings (SSSR count). The quantitative estimate of drug-likeness (QED) is 0.0309. The Kier molecular flexibility index (Phi) is 39.9. The minimum atomic E-state index is -1.65. The molecule has 1 aromatic rings. The molecule has 33 nitrogen and oxygen atoms in total. The number of carboxylic acids is 8. The normalized spacial score (nSPS) is 16.0. The van der Waals surface area contributed by atoms with E-state index in [-0.39, 0.29) is 147 Å². The van der Waals surface area contributed by atoms with Crippen molar-refractivity contribution in [2.75, 3.05) is 91.6 Å². The number of alkyl halides is 1. The maximum atomic E-state index is 16.0. The van der Waals surface area contributed by atoms with Crippen molar-refractivity contribution >= 4 is 94.2 Å². The Bertz CT molecular complexity index is 2850. The van der Waals surface area contributed by atoms with Crippen molar-refractivity contribution in [3.8, 4) is 0 Å². The Morgan fingerprint density at radius 3 is 1.32 bits per heavy atom. The number of nitrogens with zero attached hydrogens (tertiary/aromatic N) is 4. The zero-order valence-corrected chi connectivity index (χ0v) is 58.8. The highest BCUT2D eigenvalue weighted by Gasteiger charge is 2.49. The highest BCUT2D eigenvalue weighted by molar-refractivity contribution is 7.98. The molecule has 0 radical (unpaired) electrons. The summed E-state index contributed by atoms with van der Waals surface area (Å²) in [5.74, 6) is -13.8. The number of unbranched alkanes of at least 4 members (excludes halogenated alkanes) is 5. The molecule has 0 spiro atoms. The molecule has 100 heavy (non-hydrogen) atoms. The van der Waals surface area contributed by atoms with Crippen LogP contribution in [0.2, 0.25) is 0 Å². The van der Waals surface area contributed by atoms with Gasteiger partial charge in [0.25, 0.3) is 11.4 Å². The number of carbonyl (C=O) groups excluding carboxylic acids is 7. The van der Waals surface area contributed by atoms with Gasteiger partial charge in [0.2, 0.25) is 23.6 Å². The number of rotatable bonds is 45. The summed E-state index contributed by atoms with van der Waals surface area (Å²) in [5.41, 5.74) is -1.84. The van der Waals surface area contributed by atoms with E-state index in [9.17, 15) is 103 Å². The van der Waals surface area contributed by atoms with Crippen LogP contribution in [0.3, 0.4) is 0 Å². The van der Waals surface area contributed by atoms with E-state index >= 15 is 4.39 Å². The Morgan fingerprint density at radius 2 is 0.910 bits per heavy atom. The van der Waals surface area contributed by atoms with E-state index in [1.807, 2.05) is 20.8 Å². The van der Waals surface area contributed by atoms with Crippen LogP contribution in [0.25, 0.3) is 0 Å². The van der Waals surface area contributed by atoms with Gasteiger partial charge in [0.15, 0.2) is 4.90 Å². The van der Waals surface area contributed by atoms with E-state index in [4.69, 9.17) is 5.11 Å². The number of amides is 7. The third kappa shape index (κ3) is 36.7. The standard InChI is InChI=1S/C65H104FN11O22S/c1-64(2,3)62(66)100(65(4,5)6)43-24-22-42(23-25-43)56(89)69-38-47(70-51(80)27-26-48(61(97)98)77-36-34-75(40-54(85)86)32-30-74(39-53(83)84)31-33-76(35-37-77)41-55(87)88)57(90)71-44(58(91)92)16-11-13-28-67-49(78)19-9-7-8-10-20-50(79)68-29-14-12-17-45(59(93)94)72-63(99)73-46(60(95)96)18-15-21-52(81)82/h22-25,44-48,62H,7-21,26-41H2,1-6H3,(H14-,67,68,69,70,71,72,73,78,79,80,81,82,83,84,85,86,87,88,89,90,91,92,93,94,95,96,97,98,99)/t44-,45+,46+,47+,48+,62-,100?/m1/s1. The lowest BCUT2D eigenvalue weighted by atomic mass is 9.99. The lowest BCUT2D eigenvalue weighted by Gasteiger charge is -2.35. The fraction of sp³-hybridized carbons (Fsp3) is 0.692. The highest BCUT2D eigenvalue weighted by atomic mass is 32.2. The van der Waals surface area contributed by atoms with Crippen molar-refractivity contribution in [3.63, 3.8) is 0 Å². The molecule has 7 atom stereocenters. The third-order valence-electron chi connectivity index (χ3n) is 16.1. The lowest BCUT2D eigenvalue weighted by Crippen LogP contribution is -2.56. The van der Waals surface area contributed by atoms with Gasteiger partial charge < -0.3 is 82.9 Å². The summed E-state index contributed by atoms with van der Waals surface area (Å²) in [6.07, 6.45) is 2.09. The Hall–Kier alpha value is -8.28. The van der Waals surface area contributed by atoms with Crippen molar-refractivity contribution in [1.29, 1.82) is 0 Å². The third-order valence-corrected chi connectivity index (χ3v) is 19.3. The first kappa shape index (κ1) is 87.8. The zero-order valence-electron chi connectivity index (χ0n) is 58.0. The largest absolute Gasteiger partial charge is 0.549 e. The summed E-state index contributed by atoms with van der Waals surface area (Å²) in [4.78, 5) is 180. The van der Waals surface area contributed by atoms with Crippen molar-refractivity contribution in [3.05, 3.63) is 29.8 Å². The van der Waals surface area contributed by atoms with Crippen LogP contribution in [0.5, 0.6) is 0 Å². The van der Waals surface area contributed by atoms with Gasteiger partial charge in [-0.2, -0.15) is 4.39 Å². The smallest absolute Gasteiger partial charge is 0.326 e. The molecule has 1 fully saturated rings. The van der Waals surface area contributed by atoms with E-state index in [0.29, 0.717) is 37.0 Å². The van der Waals surface area contributed by atoms with E-state index in [1.54, 1.807) is 32.9 Å². The van der Waals surface area contributed by atoms with Crippen LogP contribution in [0.1, 0.15) is 161 Å². The molecule has 564 valence electrons. The fourth-order valence-electron chi connectivity index (χ4n) is 10.7. The summed E-state index contributed by atoms with van der Waals surface area (Å²) in [5, 5.41) is 96.8. The van der Waals surface area contributed by atoms with Gasteiger partial charge in [-0.3, -0.25) is 62.8 Å². The SMILES string of the molecule is CC(C)(C)[C@H](F)[S+](c1ccc(C(=O)NC[C@H](NC(=O)CC[C@@H](C(=O)O)N2CCN(CC(=O)[O-])CCN(CC(=O)O)CCN(CC(=O)O)CC2)C(=O)N[C@H](CCCCNC(=O)CCCCCCC(=O)NCCCC[C@H](NC(=O)N[C@@H](CCCC(=O)O)C(=O)O)C(=O)O)C(=O)O)cc1)C(C)(C)C. The Labute approximate surface area is 584 Å². The van der Waals surface area contributed by atoms with Crippen molar-refractivity contribution in [2.24, 2.45) is 5.41 Å². The number of urea groups is 1. The summed E-state index contributed by atoms with van der Waals surface area (Å²) >= 11 is 0. The first-order chi connectivity index (χ1) is 46.9. The number of carbonyl (C=O) groups is 14. The predicted molar refractivity (Wildman–Crippen MR) is 359 cm³/mol. The van der Waals surface area contributed by atoms with Gasteiger partial charge in [0.1, 0.15) is 35.0 Å². The molecule has 35 heteroatoms. The van der Waals surface area contributed by atoms with Gasteiger partial charge in [0.05, 0.1) is 30.0 Å². The van der Waals surface area contributed by atoms with Crippen LogP contribution in [0.4, 0.5) is 9.18 Å². The first-order valence-corrected chi connectivity index (χ1v) is 34.8. The minimum Gasteiger partial charge on any atom is -0.549 e. The lowest BCUT2D eigenvalue weighted by molar-refractivity contribution is -0.306. The van der Waals surface area contributed by atoms with Gasteiger partial charge in [-0.05, 0) is 116 Å². The average Bonchev–Trinajstić information content (AvgIpc) is 0.795. The second kappa shape index (κ2) is 45.5. The maximum Gasteiger partial charge on any atom is 0.326 e. The fourth-order valence-corrected chi connectivity index (χ4v) is 13.4. The topological polar surface area (TPSA) is 501 Å². The molecule has 1 aromatic carbocycles. The number of nitrogens with one attached hydrogen (secondary N) is 7. The first-order valence-electron chi connectivity index (χ1n) is 33.5. The molecule has 1 aliphatic heterocycles.